The van der Waals surface area contributed by atoms with Crippen molar-refractivity contribution < 1.29 is 9.53 Å². The molecule has 1 aliphatic rings. The van der Waals surface area contributed by atoms with Crippen molar-refractivity contribution in [2.24, 2.45) is 0 Å². The summed E-state index contributed by atoms with van der Waals surface area (Å²) < 4.78 is 4.97. The molecule has 1 saturated carbocycles. The van der Waals surface area contributed by atoms with E-state index in [-0.39, 0.29) is 11.4 Å². The largest absolute Gasteiger partial charge is 0.463 e. The number of carbonyl (C=O) groups is 1. The highest BCUT2D eigenvalue weighted by Gasteiger charge is 2.32. The Labute approximate surface area is 114 Å². The molecule has 1 aliphatic carbocycles. The fraction of sp³-hybridized carbons (Fsp3) is 0.500. The summed E-state index contributed by atoms with van der Waals surface area (Å²) in [7, 11) is 0. The lowest BCUT2D eigenvalue weighted by atomic mass is 9.71. The molecule has 1 heterocycles. The Balaban J connectivity index is 2.23. The fourth-order valence-corrected chi connectivity index (χ4v) is 2.77. The maximum atomic E-state index is 11.5. The Morgan fingerprint density at radius 2 is 2.16 bits per heavy atom. The number of ether oxygens (including phenoxy) is 1. The number of aromatic nitrogens is 1. The summed E-state index contributed by atoms with van der Waals surface area (Å²) in [6, 6.07) is 5.99. The Morgan fingerprint density at radius 3 is 2.79 bits per heavy atom. The normalized spacial score (nSPS) is 18.4. The van der Waals surface area contributed by atoms with Crippen LogP contribution in [-0.4, -0.2) is 17.6 Å². The van der Waals surface area contributed by atoms with Gasteiger partial charge in [0.15, 0.2) is 0 Å². The molecule has 102 valence electrons. The number of esters is 1. The standard InChI is InChI=1S/C16H21NO2/c1-2-19-15(18)9-12-16(10-5-3-6-11-16)14-8-4-7-13-17-14/h4,7-9,12-13H,2-3,5-6,10-11H2,1H3. The molecule has 0 aromatic carbocycles. The molecule has 0 saturated heterocycles. The molecule has 1 fully saturated rings. The van der Waals surface area contributed by atoms with E-state index in [1.807, 2.05) is 31.3 Å². The highest BCUT2D eigenvalue weighted by Crippen LogP contribution is 2.39. The van der Waals surface area contributed by atoms with Gasteiger partial charge >= 0.3 is 5.97 Å². The zero-order chi connectivity index (χ0) is 13.6. The average Bonchev–Trinajstić information content (AvgIpc) is 2.47. The van der Waals surface area contributed by atoms with E-state index in [4.69, 9.17) is 4.74 Å². The third kappa shape index (κ3) is 3.43. The molecule has 3 heteroatoms. The van der Waals surface area contributed by atoms with E-state index >= 15 is 0 Å². The van der Waals surface area contributed by atoms with Gasteiger partial charge in [-0.25, -0.2) is 4.79 Å². The summed E-state index contributed by atoms with van der Waals surface area (Å²) in [5.74, 6) is -0.261. The van der Waals surface area contributed by atoms with Crippen LogP contribution >= 0.6 is 0 Å². The molecule has 0 radical (unpaired) electrons. The number of pyridine rings is 1. The molecule has 1 aromatic heterocycles. The quantitative estimate of drug-likeness (QED) is 0.614. The average molecular weight is 259 g/mol. The van der Waals surface area contributed by atoms with Crippen molar-refractivity contribution in [2.45, 2.75) is 44.4 Å². The molecule has 0 amide bonds. The second-order valence-electron chi connectivity index (χ2n) is 5.02. The lowest BCUT2D eigenvalue weighted by Crippen LogP contribution is -2.28. The molecule has 0 atom stereocenters. The van der Waals surface area contributed by atoms with Crippen molar-refractivity contribution in [1.29, 1.82) is 0 Å². The number of nitrogens with zero attached hydrogens (tertiary/aromatic N) is 1. The Bertz CT molecular complexity index is 433. The molecule has 0 unspecified atom stereocenters. The van der Waals surface area contributed by atoms with Crippen LogP contribution in [0.15, 0.2) is 36.5 Å². The van der Waals surface area contributed by atoms with E-state index < -0.39 is 0 Å². The Kier molecular flexibility index (Phi) is 4.72. The lowest BCUT2D eigenvalue weighted by Gasteiger charge is -2.34. The minimum absolute atomic E-state index is 0.0910. The van der Waals surface area contributed by atoms with Crippen LogP contribution < -0.4 is 0 Å². The van der Waals surface area contributed by atoms with E-state index in [1.54, 1.807) is 6.08 Å². The molecule has 0 N–H and O–H groups in total. The molecular formula is C16H21NO2. The molecule has 3 nitrogen and oxygen atoms in total. The monoisotopic (exact) mass is 259 g/mol. The van der Waals surface area contributed by atoms with Gasteiger partial charge in [-0.05, 0) is 31.9 Å². The molecule has 0 spiro atoms. The van der Waals surface area contributed by atoms with Gasteiger partial charge in [0, 0.05) is 17.7 Å². The summed E-state index contributed by atoms with van der Waals surface area (Å²) in [4.78, 5) is 16.0. The molecular weight excluding hydrogens is 238 g/mol. The van der Waals surface area contributed by atoms with E-state index in [2.05, 4.69) is 11.1 Å². The summed E-state index contributed by atoms with van der Waals surface area (Å²) in [5, 5.41) is 0. The highest BCUT2D eigenvalue weighted by atomic mass is 16.5. The predicted molar refractivity (Wildman–Crippen MR) is 74.8 cm³/mol. The number of allylic oxidation sites excluding steroid dienone is 1. The number of rotatable bonds is 4. The maximum absolute atomic E-state index is 11.5. The summed E-state index contributed by atoms with van der Waals surface area (Å²) >= 11 is 0. The van der Waals surface area contributed by atoms with Gasteiger partial charge in [0.1, 0.15) is 0 Å². The first kappa shape index (κ1) is 13.8. The SMILES string of the molecule is CCOC(=O)C=CC1(c2ccccn2)CCCCC1. The van der Waals surface area contributed by atoms with Crippen LogP contribution in [0.5, 0.6) is 0 Å². The van der Waals surface area contributed by atoms with Crippen LogP contribution in [0.4, 0.5) is 0 Å². The Hall–Kier alpha value is -1.64. The first-order valence-electron chi connectivity index (χ1n) is 7.04. The van der Waals surface area contributed by atoms with Crippen molar-refractivity contribution in [1.82, 2.24) is 4.98 Å². The zero-order valence-corrected chi connectivity index (χ0v) is 11.5. The molecule has 19 heavy (non-hydrogen) atoms. The van der Waals surface area contributed by atoms with Crippen LogP contribution in [0.1, 0.15) is 44.7 Å². The summed E-state index contributed by atoms with van der Waals surface area (Å²) in [6.45, 7) is 2.24. The Morgan fingerprint density at radius 1 is 1.37 bits per heavy atom. The van der Waals surface area contributed by atoms with Gasteiger partial charge in [-0.3, -0.25) is 4.98 Å². The first-order chi connectivity index (χ1) is 9.27. The third-order valence-electron chi connectivity index (χ3n) is 3.75. The number of hydrogen-bond donors (Lipinski definition) is 0. The smallest absolute Gasteiger partial charge is 0.330 e. The van der Waals surface area contributed by atoms with Gasteiger partial charge in [0.2, 0.25) is 0 Å². The molecule has 0 bridgehead atoms. The van der Waals surface area contributed by atoms with Crippen molar-refractivity contribution in [2.75, 3.05) is 6.61 Å². The molecule has 1 aromatic rings. The molecule has 2 rings (SSSR count). The topological polar surface area (TPSA) is 39.2 Å². The van der Waals surface area contributed by atoms with Crippen LogP contribution in [-0.2, 0) is 14.9 Å². The number of hydrogen-bond acceptors (Lipinski definition) is 3. The van der Waals surface area contributed by atoms with Crippen molar-refractivity contribution in [3.05, 3.63) is 42.2 Å². The summed E-state index contributed by atoms with van der Waals surface area (Å²) in [6.07, 6.45) is 11.1. The van der Waals surface area contributed by atoms with Crippen molar-refractivity contribution >= 4 is 5.97 Å². The van der Waals surface area contributed by atoms with E-state index in [1.165, 1.54) is 19.3 Å². The second kappa shape index (κ2) is 6.50. The van der Waals surface area contributed by atoms with E-state index in [0.29, 0.717) is 6.61 Å². The minimum Gasteiger partial charge on any atom is -0.463 e. The van der Waals surface area contributed by atoms with Gasteiger partial charge in [-0.1, -0.05) is 31.4 Å². The second-order valence-corrected chi connectivity index (χ2v) is 5.02. The number of carbonyl (C=O) groups excluding carboxylic acids is 1. The highest BCUT2D eigenvalue weighted by molar-refractivity contribution is 5.82. The van der Waals surface area contributed by atoms with Gasteiger partial charge in [-0.15, -0.1) is 0 Å². The predicted octanol–water partition coefficient (Wildman–Crippen LogP) is 3.40. The van der Waals surface area contributed by atoms with Gasteiger partial charge in [-0.2, -0.15) is 0 Å². The van der Waals surface area contributed by atoms with Gasteiger partial charge in [0.05, 0.1) is 12.3 Å². The third-order valence-corrected chi connectivity index (χ3v) is 3.75. The maximum Gasteiger partial charge on any atom is 0.330 e. The van der Waals surface area contributed by atoms with Gasteiger partial charge < -0.3 is 4.74 Å². The van der Waals surface area contributed by atoms with Crippen LogP contribution in [0, 0.1) is 0 Å². The minimum atomic E-state index is -0.261. The fourth-order valence-electron chi connectivity index (χ4n) is 2.77. The van der Waals surface area contributed by atoms with Crippen molar-refractivity contribution in [3.8, 4) is 0 Å². The zero-order valence-electron chi connectivity index (χ0n) is 11.5. The summed E-state index contributed by atoms with van der Waals surface area (Å²) in [5.41, 5.74) is 0.974. The van der Waals surface area contributed by atoms with Crippen LogP contribution in [0.25, 0.3) is 0 Å². The van der Waals surface area contributed by atoms with Crippen LogP contribution in [0.3, 0.4) is 0 Å². The van der Waals surface area contributed by atoms with Crippen molar-refractivity contribution in [3.63, 3.8) is 0 Å². The van der Waals surface area contributed by atoms with Crippen LogP contribution in [0.2, 0.25) is 0 Å². The first-order valence-corrected chi connectivity index (χ1v) is 7.04. The van der Waals surface area contributed by atoms with E-state index in [0.717, 1.165) is 18.5 Å². The lowest BCUT2D eigenvalue weighted by molar-refractivity contribution is -0.137. The van der Waals surface area contributed by atoms with Gasteiger partial charge in [0.25, 0.3) is 0 Å². The molecule has 0 aliphatic heterocycles. The van der Waals surface area contributed by atoms with E-state index in [9.17, 15) is 4.79 Å².